The Bertz CT molecular complexity index is 466. The predicted molar refractivity (Wildman–Crippen MR) is 65.4 cm³/mol. The van der Waals surface area contributed by atoms with E-state index < -0.39 is 11.7 Å². The van der Waals surface area contributed by atoms with Gasteiger partial charge in [0.25, 0.3) is 0 Å². The van der Waals surface area contributed by atoms with Gasteiger partial charge in [-0.3, -0.25) is 4.79 Å². The molecule has 2 rings (SSSR count). The van der Waals surface area contributed by atoms with Crippen LogP contribution >= 0.6 is 11.6 Å². The van der Waals surface area contributed by atoms with Crippen molar-refractivity contribution in [3.05, 3.63) is 23.0 Å². The van der Waals surface area contributed by atoms with Crippen LogP contribution in [-0.2, 0) is 4.79 Å². The number of nitrogens with zero attached hydrogens (tertiary/aromatic N) is 1. The van der Waals surface area contributed by atoms with Crippen molar-refractivity contribution in [2.45, 2.75) is 18.9 Å². The van der Waals surface area contributed by atoms with E-state index in [2.05, 4.69) is 0 Å². The monoisotopic (exact) mass is 257 g/mol. The van der Waals surface area contributed by atoms with Gasteiger partial charge in [0, 0.05) is 12.6 Å². The lowest BCUT2D eigenvalue weighted by atomic mass is 10.2. The summed E-state index contributed by atoms with van der Waals surface area (Å²) in [5, 5.41) is -0.00989. The molecule has 1 aliphatic rings. The Morgan fingerprint density at radius 1 is 1.53 bits per heavy atom. The minimum atomic E-state index is -0.567. The average molecular weight is 258 g/mol. The summed E-state index contributed by atoms with van der Waals surface area (Å²) < 4.78 is 13.2. The number of primary amides is 1. The molecule has 92 valence electrons. The highest BCUT2D eigenvalue weighted by Crippen LogP contribution is 2.33. The van der Waals surface area contributed by atoms with Crippen molar-refractivity contribution in [3.8, 4) is 0 Å². The Hall–Kier alpha value is -1.49. The van der Waals surface area contributed by atoms with Crippen LogP contribution in [0.15, 0.2) is 12.1 Å². The second-order valence-electron chi connectivity index (χ2n) is 4.08. The van der Waals surface area contributed by atoms with Gasteiger partial charge in [-0.05, 0) is 18.9 Å². The maximum atomic E-state index is 13.2. The molecule has 0 spiro atoms. The fourth-order valence-corrected chi connectivity index (χ4v) is 2.31. The Labute approximate surface area is 103 Å². The Morgan fingerprint density at radius 2 is 2.24 bits per heavy atom. The molecule has 1 aromatic carbocycles. The first-order valence-electron chi connectivity index (χ1n) is 5.31. The SMILES string of the molecule is NC(=O)C1CCCN1c1cc(Cl)c(F)cc1N. The molecular weight excluding hydrogens is 245 g/mol. The van der Waals surface area contributed by atoms with E-state index in [-0.39, 0.29) is 16.8 Å². The molecule has 4 N–H and O–H groups in total. The van der Waals surface area contributed by atoms with Crippen molar-refractivity contribution in [2.75, 3.05) is 17.2 Å². The quantitative estimate of drug-likeness (QED) is 0.789. The van der Waals surface area contributed by atoms with Gasteiger partial charge < -0.3 is 16.4 Å². The molecule has 0 aromatic heterocycles. The summed E-state index contributed by atoms with van der Waals surface area (Å²) in [6.45, 7) is 0.666. The topological polar surface area (TPSA) is 72.4 Å². The number of carbonyl (C=O) groups excluding carboxylic acids is 1. The van der Waals surface area contributed by atoms with Crippen LogP contribution in [0.1, 0.15) is 12.8 Å². The summed E-state index contributed by atoms with van der Waals surface area (Å²) in [5.74, 6) is -0.968. The van der Waals surface area contributed by atoms with E-state index in [1.807, 2.05) is 0 Å². The van der Waals surface area contributed by atoms with Gasteiger partial charge in [-0.1, -0.05) is 11.6 Å². The van der Waals surface area contributed by atoms with Crippen molar-refractivity contribution in [1.29, 1.82) is 0 Å². The first-order chi connectivity index (χ1) is 8.00. The van der Waals surface area contributed by atoms with Crippen LogP contribution in [0.5, 0.6) is 0 Å². The van der Waals surface area contributed by atoms with E-state index in [0.29, 0.717) is 18.7 Å². The Morgan fingerprint density at radius 3 is 2.88 bits per heavy atom. The van der Waals surface area contributed by atoms with Crippen LogP contribution in [0.2, 0.25) is 5.02 Å². The molecule has 1 atom stereocenters. The maximum absolute atomic E-state index is 13.2. The van der Waals surface area contributed by atoms with Gasteiger partial charge in [0.1, 0.15) is 11.9 Å². The molecule has 0 radical (unpaired) electrons. The summed E-state index contributed by atoms with van der Waals surface area (Å²) in [5.41, 5.74) is 11.9. The van der Waals surface area contributed by atoms with E-state index in [1.54, 1.807) is 4.90 Å². The number of nitrogens with two attached hydrogens (primary N) is 2. The summed E-state index contributed by atoms with van der Waals surface area (Å²) in [6, 6.07) is 2.21. The Kier molecular flexibility index (Phi) is 3.11. The van der Waals surface area contributed by atoms with Crippen LogP contribution in [0, 0.1) is 5.82 Å². The van der Waals surface area contributed by atoms with Crippen LogP contribution in [-0.4, -0.2) is 18.5 Å². The number of halogens is 2. The van der Waals surface area contributed by atoms with Crippen LogP contribution in [0.25, 0.3) is 0 Å². The molecule has 1 fully saturated rings. The number of hydrogen-bond acceptors (Lipinski definition) is 3. The van der Waals surface area contributed by atoms with E-state index in [1.165, 1.54) is 6.07 Å². The standard InChI is InChI=1S/C11H13ClFN3O/c12-6-4-10(8(14)5-7(6)13)16-3-1-2-9(16)11(15)17/h4-5,9H,1-3,14H2,(H2,15,17). The normalized spacial score (nSPS) is 19.6. The van der Waals surface area contributed by atoms with Crippen molar-refractivity contribution in [2.24, 2.45) is 5.73 Å². The van der Waals surface area contributed by atoms with Gasteiger partial charge in [-0.2, -0.15) is 0 Å². The minimum Gasteiger partial charge on any atom is -0.397 e. The molecule has 1 aromatic rings. The third-order valence-corrected chi connectivity index (χ3v) is 3.25. The molecule has 1 aliphatic heterocycles. The van der Waals surface area contributed by atoms with Gasteiger partial charge in [0.15, 0.2) is 0 Å². The van der Waals surface area contributed by atoms with Crippen LogP contribution in [0.4, 0.5) is 15.8 Å². The van der Waals surface area contributed by atoms with Crippen molar-refractivity contribution in [1.82, 2.24) is 0 Å². The van der Waals surface area contributed by atoms with Crippen LogP contribution in [0.3, 0.4) is 0 Å². The van der Waals surface area contributed by atoms with Crippen LogP contribution < -0.4 is 16.4 Å². The van der Waals surface area contributed by atoms with Gasteiger partial charge in [0.05, 0.1) is 16.4 Å². The maximum Gasteiger partial charge on any atom is 0.240 e. The lowest BCUT2D eigenvalue weighted by Crippen LogP contribution is -2.40. The highest BCUT2D eigenvalue weighted by molar-refractivity contribution is 6.31. The highest BCUT2D eigenvalue weighted by Gasteiger charge is 2.30. The lowest BCUT2D eigenvalue weighted by molar-refractivity contribution is -0.119. The number of rotatable bonds is 2. The summed E-state index contributed by atoms with van der Waals surface area (Å²) in [4.78, 5) is 13.1. The molecule has 1 unspecified atom stereocenters. The first kappa shape index (κ1) is 12.0. The third kappa shape index (κ3) is 2.15. The summed E-state index contributed by atoms with van der Waals surface area (Å²) in [6.07, 6.45) is 1.53. The van der Waals surface area contributed by atoms with E-state index in [0.717, 1.165) is 12.5 Å². The molecule has 0 saturated carbocycles. The zero-order chi connectivity index (χ0) is 12.6. The molecule has 0 bridgehead atoms. The lowest BCUT2D eigenvalue weighted by Gasteiger charge is -2.26. The van der Waals surface area contributed by atoms with Crippen molar-refractivity contribution >= 4 is 28.9 Å². The molecule has 6 heteroatoms. The fourth-order valence-electron chi connectivity index (χ4n) is 2.15. The summed E-state index contributed by atoms with van der Waals surface area (Å²) in [7, 11) is 0. The molecule has 4 nitrogen and oxygen atoms in total. The molecular formula is C11H13ClFN3O. The van der Waals surface area contributed by atoms with Gasteiger partial charge in [0.2, 0.25) is 5.91 Å². The number of hydrogen-bond donors (Lipinski definition) is 2. The zero-order valence-corrected chi connectivity index (χ0v) is 9.88. The van der Waals surface area contributed by atoms with E-state index in [4.69, 9.17) is 23.1 Å². The number of benzene rings is 1. The average Bonchev–Trinajstić information content (AvgIpc) is 2.72. The van der Waals surface area contributed by atoms with Crippen molar-refractivity contribution in [3.63, 3.8) is 0 Å². The smallest absolute Gasteiger partial charge is 0.240 e. The van der Waals surface area contributed by atoms with Crippen molar-refractivity contribution < 1.29 is 9.18 Å². The second-order valence-corrected chi connectivity index (χ2v) is 4.49. The van der Waals surface area contributed by atoms with Gasteiger partial charge in [-0.15, -0.1) is 0 Å². The minimum absolute atomic E-state index is 0.00989. The fraction of sp³-hybridized carbons (Fsp3) is 0.364. The van der Waals surface area contributed by atoms with Gasteiger partial charge >= 0.3 is 0 Å². The molecule has 1 heterocycles. The molecule has 1 amide bonds. The molecule has 0 aliphatic carbocycles. The number of amides is 1. The first-order valence-corrected chi connectivity index (χ1v) is 5.69. The summed E-state index contributed by atoms with van der Waals surface area (Å²) >= 11 is 5.72. The number of anilines is 2. The largest absolute Gasteiger partial charge is 0.397 e. The molecule has 1 saturated heterocycles. The number of carbonyl (C=O) groups is 1. The molecule has 17 heavy (non-hydrogen) atoms. The second kappa shape index (κ2) is 4.41. The highest BCUT2D eigenvalue weighted by atomic mass is 35.5. The Balaban J connectivity index is 2.40. The van der Waals surface area contributed by atoms with E-state index >= 15 is 0 Å². The van der Waals surface area contributed by atoms with E-state index in [9.17, 15) is 9.18 Å². The third-order valence-electron chi connectivity index (χ3n) is 2.96. The zero-order valence-electron chi connectivity index (χ0n) is 9.12. The predicted octanol–water partition coefficient (Wildman–Crippen LogP) is 1.52. The van der Waals surface area contributed by atoms with Gasteiger partial charge in [-0.25, -0.2) is 4.39 Å². The number of nitrogen functional groups attached to an aromatic ring is 1.